The van der Waals surface area contributed by atoms with Crippen LogP contribution in [0.15, 0.2) is 29.8 Å². The zero-order chi connectivity index (χ0) is 16.1. The van der Waals surface area contributed by atoms with Gasteiger partial charge in [0.2, 0.25) is 5.91 Å². The van der Waals surface area contributed by atoms with Gasteiger partial charge in [-0.2, -0.15) is 0 Å². The smallest absolute Gasteiger partial charge is 0.222 e. The van der Waals surface area contributed by atoms with Crippen molar-refractivity contribution in [3.05, 3.63) is 46.2 Å². The first-order valence-corrected chi connectivity index (χ1v) is 9.26. The largest absolute Gasteiger partial charge is 0.342 e. The Hall–Kier alpha value is -1.75. The monoisotopic (exact) mass is 329 g/mol. The quantitative estimate of drug-likeness (QED) is 0.844. The SMILES string of the molecule is CCc1csc(C2CCCN(C(=O)CCc3ccccn3)C2)n1. The fraction of sp³-hybridized carbons (Fsp3) is 0.500. The molecule has 1 fully saturated rings. The van der Waals surface area contributed by atoms with E-state index in [1.165, 1.54) is 10.7 Å². The van der Waals surface area contributed by atoms with Crippen LogP contribution in [-0.4, -0.2) is 33.9 Å². The average Bonchev–Trinajstić information content (AvgIpc) is 3.10. The lowest BCUT2D eigenvalue weighted by Gasteiger charge is -2.32. The molecule has 1 aliphatic heterocycles. The number of piperidine rings is 1. The Morgan fingerprint density at radius 2 is 2.30 bits per heavy atom. The third kappa shape index (κ3) is 4.16. The van der Waals surface area contributed by atoms with E-state index in [1.807, 2.05) is 23.1 Å². The Balaban J connectivity index is 1.56. The van der Waals surface area contributed by atoms with Crippen molar-refractivity contribution in [3.63, 3.8) is 0 Å². The number of aryl methyl sites for hydroxylation is 2. The van der Waals surface area contributed by atoms with Crippen molar-refractivity contribution in [1.82, 2.24) is 14.9 Å². The Morgan fingerprint density at radius 1 is 1.39 bits per heavy atom. The molecule has 4 nitrogen and oxygen atoms in total. The van der Waals surface area contributed by atoms with Gasteiger partial charge in [-0.25, -0.2) is 4.98 Å². The van der Waals surface area contributed by atoms with Crippen molar-refractivity contribution in [2.24, 2.45) is 0 Å². The van der Waals surface area contributed by atoms with Gasteiger partial charge in [0.15, 0.2) is 0 Å². The summed E-state index contributed by atoms with van der Waals surface area (Å²) in [6.45, 7) is 3.83. The van der Waals surface area contributed by atoms with Crippen LogP contribution in [0.3, 0.4) is 0 Å². The molecule has 1 atom stereocenters. The number of pyridine rings is 1. The highest BCUT2D eigenvalue weighted by Gasteiger charge is 2.26. The topological polar surface area (TPSA) is 46.1 Å². The van der Waals surface area contributed by atoms with Gasteiger partial charge >= 0.3 is 0 Å². The van der Waals surface area contributed by atoms with E-state index in [0.29, 0.717) is 12.3 Å². The molecule has 0 aliphatic carbocycles. The fourth-order valence-electron chi connectivity index (χ4n) is 3.02. The Morgan fingerprint density at radius 3 is 3.04 bits per heavy atom. The van der Waals surface area contributed by atoms with Crippen LogP contribution in [0.2, 0.25) is 0 Å². The summed E-state index contributed by atoms with van der Waals surface area (Å²) >= 11 is 1.75. The predicted molar refractivity (Wildman–Crippen MR) is 92.6 cm³/mol. The Labute approximate surface area is 141 Å². The molecule has 1 saturated heterocycles. The number of amides is 1. The molecule has 0 bridgehead atoms. The number of thiazole rings is 1. The first-order valence-electron chi connectivity index (χ1n) is 8.38. The van der Waals surface area contributed by atoms with E-state index in [2.05, 4.69) is 17.3 Å². The minimum Gasteiger partial charge on any atom is -0.342 e. The van der Waals surface area contributed by atoms with E-state index in [0.717, 1.165) is 44.5 Å². The van der Waals surface area contributed by atoms with Crippen LogP contribution in [0, 0.1) is 0 Å². The molecule has 3 rings (SSSR count). The van der Waals surface area contributed by atoms with Gasteiger partial charge in [0.1, 0.15) is 0 Å². The van der Waals surface area contributed by atoms with Crippen LogP contribution < -0.4 is 0 Å². The summed E-state index contributed by atoms with van der Waals surface area (Å²) in [6, 6.07) is 5.85. The molecule has 0 spiro atoms. The van der Waals surface area contributed by atoms with E-state index in [1.54, 1.807) is 17.5 Å². The molecule has 1 amide bonds. The van der Waals surface area contributed by atoms with Crippen molar-refractivity contribution in [1.29, 1.82) is 0 Å². The summed E-state index contributed by atoms with van der Waals surface area (Å²) in [5.41, 5.74) is 2.16. The maximum Gasteiger partial charge on any atom is 0.222 e. The third-order valence-electron chi connectivity index (χ3n) is 4.38. The molecule has 3 heterocycles. The summed E-state index contributed by atoms with van der Waals surface area (Å²) in [4.78, 5) is 23.5. The zero-order valence-electron chi connectivity index (χ0n) is 13.6. The summed E-state index contributed by atoms with van der Waals surface area (Å²) < 4.78 is 0. The van der Waals surface area contributed by atoms with Crippen molar-refractivity contribution < 1.29 is 4.79 Å². The second kappa shape index (κ2) is 7.68. The van der Waals surface area contributed by atoms with E-state index in [4.69, 9.17) is 4.98 Å². The van der Waals surface area contributed by atoms with Crippen molar-refractivity contribution in [2.45, 2.75) is 44.9 Å². The number of nitrogens with zero attached hydrogens (tertiary/aromatic N) is 3. The summed E-state index contributed by atoms with van der Waals surface area (Å²) in [6.07, 6.45) is 6.24. The molecule has 0 saturated carbocycles. The van der Waals surface area contributed by atoms with Crippen molar-refractivity contribution >= 4 is 17.2 Å². The minimum absolute atomic E-state index is 0.243. The molecule has 0 N–H and O–H groups in total. The van der Waals surface area contributed by atoms with Crippen molar-refractivity contribution in [3.8, 4) is 0 Å². The number of hydrogen-bond acceptors (Lipinski definition) is 4. The third-order valence-corrected chi connectivity index (χ3v) is 5.43. The first-order chi connectivity index (χ1) is 11.3. The number of likely N-dealkylation sites (tertiary alicyclic amines) is 1. The molecule has 122 valence electrons. The maximum atomic E-state index is 12.5. The second-order valence-corrected chi connectivity index (χ2v) is 6.92. The average molecular weight is 329 g/mol. The highest BCUT2D eigenvalue weighted by Crippen LogP contribution is 2.29. The number of carbonyl (C=O) groups is 1. The molecule has 2 aromatic heterocycles. The lowest BCUT2D eigenvalue weighted by molar-refractivity contribution is -0.132. The van der Waals surface area contributed by atoms with E-state index in [9.17, 15) is 4.79 Å². The Kier molecular flexibility index (Phi) is 5.39. The van der Waals surface area contributed by atoms with Gasteiger partial charge in [0, 0.05) is 42.7 Å². The van der Waals surface area contributed by atoms with E-state index in [-0.39, 0.29) is 5.91 Å². The molecule has 0 aromatic carbocycles. The van der Waals surface area contributed by atoms with Crippen LogP contribution in [0.25, 0.3) is 0 Å². The Bertz CT molecular complexity index is 641. The summed E-state index contributed by atoms with van der Waals surface area (Å²) in [5.74, 6) is 0.653. The number of rotatable bonds is 5. The highest BCUT2D eigenvalue weighted by molar-refractivity contribution is 7.09. The van der Waals surface area contributed by atoms with Gasteiger partial charge < -0.3 is 4.90 Å². The fourth-order valence-corrected chi connectivity index (χ4v) is 4.05. The molecule has 0 radical (unpaired) electrons. The second-order valence-electron chi connectivity index (χ2n) is 6.03. The lowest BCUT2D eigenvalue weighted by atomic mass is 9.98. The first kappa shape index (κ1) is 16.1. The van der Waals surface area contributed by atoms with Gasteiger partial charge in [0.05, 0.1) is 10.7 Å². The van der Waals surface area contributed by atoms with E-state index < -0.39 is 0 Å². The number of aromatic nitrogens is 2. The number of hydrogen-bond donors (Lipinski definition) is 0. The highest BCUT2D eigenvalue weighted by atomic mass is 32.1. The van der Waals surface area contributed by atoms with E-state index >= 15 is 0 Å². The molecular formula is C18H23N3OS. The van der Waals surface area contributed by atoms with Gasteiger partial charge in [-0.3, -0.25) is 9.78 Å². The molecule has 23 heavy (non-hydrogen) atoms. The lowest BCUT2D eigenvalue weighted by Crippen LogP contribution is -2.39. The van der Waals surface area contributed by atoms with Crippen LogP contribution >= 0.6 is 11.3 Å². The maximum absolute atomic E-state index is 12.5. The van der Waals surface area contributed by atoms with Gasteiger partial charge in [-0.1, -0.05) is 13.0 Å². The molecular weight excluding hydrogens is 306 g/mol. The normalized spacial score (nSPS) is 18.1. The standard InChI is InChI=1S/C18H23N3OS/c1-2-15-13-23-18(20-15)14-6-5-11-21(12-14)17(22)9-8-16-7-3-4-10-19-16/h3-4,7,10,13-14H,2,5-6,8-9,11-12H2,1H3. The molecule has 2 aromatic rings. The van der Waals surface area contributed by atoms with Crippen LogP contribution in [0.4, 0.5) is 0 Å². The number of carbonyl (C=O) groups excluding carboxylic acids is 1. The van der Waals surface area contributed by atoms with Gasteiger partial charge in [0.25, 0.3) is 0 Å². The molecule has 1 unspecified atom stereocenters. The van der Waals surface area contributed by atoms with Crippen LogP contribution in [-0.2, 0) is 17.6 Å². The van der Waals surface area contributed by atoms with Crippen LogP contribution in [0.1, 0.15) is 48.5 Å². The minimum atomic E-state index is 0.243. The predicted octanol–water partition coefficient (Wildman–Crippen LogP) is 3.44. The summed E-state index contributed by atoms with van der Waals surface area (Å²) in [5, 5.41) is 3.35. The van der Waals surface area contributed by atoms with Gasteiger partial charge in [-0.05, 0) is 37.8 Å². The van der Waals surface area contributed by atoms with Crippen LogP contribution in [0.5, 0.6) is 0 Å². The molecule has 1 aliphatic rings. The molecule has 5 heteroatoms. The van der Waals surface area contributed by atoms with Gasteiger partial charge in [-0.15, -0.1) is 11.3 Å². The zero-order valence-corrected chi connectivity index (χ0v) is 14.4. The van der Waals surface area contributed by atoms with Crippen molar-refractivity contribution in [2.75, 3.05) is 13.1 Å². The summed E-state index contributed by atoms with van der Waals surface area (Å²) in [7, 11) is 0.